The standard InChI is InChI=1S/C31H28ClN3O/c32-27-12-5-4-11-26(27)22-35-29-14-7-6-13-28(29)34-30(35)15-8-20-33-31(36)21-23-16-18-25(19-17-23)24-9-2-1-3-10-24/h1-7,9-14,16-19H,8,15,20-22H2,(H,33,36). The number of para-hydroxylation sites is 2. The van der Waals surface area contributed by atoms with Gasteiger partial charge in [0.05, 0.1) is 24.0 Å². The van der Waals surface area contributed by atoms with Crippen molar-refractivity contribution in [2.24, 2.45) is 0 Å². The van der Waals surface area contributed by atoms with Crippen LogP contribution in [0.2, 0.25) is 5.02 Å². The number of carbonyl (C=O) groups excluding carboxylic acids is 1. The zero-order chi connectivity index (χ0) is 24.7. The molecule has 0 unspecified atom stereocenters. The number of carbonyl (C=O) groups is 1. The summed E-state index contributed by atoms with van der Waals surface area (Å²) in [6.45, 7) is 1.27. The SMILES string of the molecule is O=C(Cc1ccc(-c2ccccc2)cc1)NCCCc1nc2ccccc2n1Cc1ccccc1Cl. The Morgan fingerprint density at radius 3 is 2.31 bits per heavy atom. The number of nitrogens with one attached hydrogen (secondary N) is 1. The summed E-state index contributed by atoms with van der Waals surface area (Å²) in [5.74, 6) is 1.04. The van der Waals surface area contributed by atoms with Crippen LogP contribution in [0.1, 0.15) is 23.4 Å². The van der Waals surface area contributed by atoms with Gasteiger partial charge in [0.2, 0.25) is 5.91 Å². The molecule has 4 nitrogen and oxygen atoms in total. The highest BCUT2D eigenvalue weighted by Crippen LogP contribution is 2.23. The summed E-state index contributed by atoms with van der Waals surface area (Å²) in [5.41, 5.74) is 6.47. The number of hydrogen-bond acceptors (Lipinski definition) is 2. The first-order valence-corrected chi connectivity index (χ1v) is 12.6. The van der Waals surface area contributed by atoms with Crippen molar-refractivity contribution in [3.63, 3.8) is 0 Å². The Balaban J connectivity index is 1.17. The Morgan fingerprint density at radius 2 is 1.50 bits per heavy atom. The topological polar surface area (TPSA) is 46.9 Å². The number of nitrogens with zero attached hydrogens (tertiary/aromatic N) is 2. The summed E-state index contributed by atoms with van der Waals surface area (Å²) in [6.07, 6.45) is 1.95. The van der Waals surface area contributed by atoms with Crippen LogP contribution in [0.5, 0.6) is 0 Å². The van der Waals surface area contributed by atoms with E-state index in [1.54, 1.807) is 0 Å². The van der Waals surface area contributed by atoms with Crippen molar-refractivity contribution < 1.29 is 4.79 Å². The van der Waals surface area contributed by atoms with Crippen LogP contribution < -0.4 is 5.32 Å². The summed E-state index contributed by atoms with van der Waals surface area (Å²) in [4.78, 5) is 17.4. The molecule has 0 spiro atoms. The Labute approximate surface area is 216 Å². The van der Waals surface area contributed by atoms with Crippen molar-refractivity contribution in [1.29, 1.82) is 0 Å². The lowest BCUT2D eigenvalue weighted by Gasteiger charge is -2.11. The molecule has 0 fully saturated rings. The number of fused-ring (bicyclic) bond motifs is 1. The van der Waals surface area contributed by atoms with Gasteiger partial charge >= 0.3 is 0 Å². The van der Waals surface area contributed by atoms with Crippen molar-refractivity contribution in [1.82, 2.24) is 14.9 Å². The number of benzene rings is 4. The summed E-state index contributed by atoms with van der Waals surface area (Å²) < 4.78 is 2.23. The maximum absolute atomic E-state index is 12.5. The molecule has 5 rings (SSSR count). The van der Waals surface area contributed by atoms with Gasteiger partial charge in [-0.25, -0.2) is 4.98 Å². The van der Waals surface area contributed by atoms with Crippen molar-refractivity contribution in [2.75, 3.05) is 6.54 Å². The van der Waals surface area contributed by atoms with Crippen LogP contribution in [-0.2, 0) is 24.2 Å². The third-order valence-corrected chi connectivity index (χ3v) is 6.71. The van der Waals surface area contributed by atoms with Gasteiger partial charge in [-0.1, -0.05) is 96.5 Å². The molecule has 1 amide bonds. The van der Waals surface area contributed by atoms with E-state index in [2.05, 4.69) is 40.2 Å². The fourth-order valence-corrected chi connectivity index (χ4v) is 4.65. The van der Waals surface area contributed by atoms with Gasteiger partial charge in [-0.3, -0.25) is 4.79 Å². The van der Waals surface area contributed by atoms with E-state index in [9.17, 15) is 4.79 Å². The predicted molar refractivity (Wildman–Crippen MR) is 147 cm³/mol. The molecule has 5 aromatic rings. The normalized spacial score (nSPS) is 11.0. The van der Waals surface area contributed by atoms with Crippen LogP contribution in [0.4, 0.5) is 0 Å². The van der Waals surface area contributed by atoms with Gasteiger partial charge in [-0.15, -0.1) is 0 Å². The van der Waals surface area contributed by atoms with E-state index in [1.165, 1.54) is 5.56 Å². The first-order chi connectivity index (χ1) is 17.7. The fourth-order valence-electron chi connectivity index (χ4n) is 4.46. The van der Waals surface area contributed by atoms with Crippen LogP contribution in [0.15, 0.2) is 103 Å². The fraction of sp³-hybridized carbons (Fsp3) is 0.161. The van der Waals surface area contributed by atoms with Gasteiger partial charge in [0.25, 0.3) is 0 Å². The second-order valence-electron chi connectivity index (χ2n) is 8.89. The molecule has 0 saturated heterocycles. The molecule has 1 heterocycles. The largest absolute Gasteiger partial charge is 0.356 e. The third-order valence-electron chi connectivity index (χ3n) is 6.34. The first kappa shape index (κ1) is 23.8. The number of hydrogen-bond donors (Lipinski definition) is 1. The van der Waals surface area contributed by atoms with Gasteiger partial charge in [-0.05, 0) is 46.9 Å². The lowest BCUT2D eigenvalue weighted by atomic mass is 10.0. The molecule has 1 N–H and O–H groups in total. The van der Waals surface area contributed by atoms with Crippen molar-refractivity contribution in [3.8, 4) is 11.1 Å². The minimum Gasteiger partial charge on any atom is -0.356 e. The van der Waals surface area contributed by atoms with E-state index in [4.69, 9.17) is 16.6 Å². The molecule has 0 aliphatic heterocycles. The Hall–Kier alpha value is -3.89. The Morgan fingerprint density at radius 1 is 0.806 bits per heavy atom. The maximum atomic E-state index is 12.5. The zero-order valence-electron chi connectivity index (χ0n) is 20.0. The quantitative estimate of drug-likeness (QED) is 0.232. The molecule has 5 heteroatoms. The molecule has 0 bridgehead atoms. The molecule has 0 aliphatic rings. The minimum absolute atomic E-state index is 0.0343. The maximum Gasteiger partial charge on any atom is 0.224 e. The van der Waals surface area contributed by atoms with Crippen molar-refractivity contribution >= 4 is 28.5 Å². The first-order valence-electron chi connectivity index (χ1n) is 12.3. The molecule has 36 heavy (non-hydrogen) atoms. The van der Waals surface area contributed by atoms with E-state index < -0.39 is 0 Å². The van der Waals surface area contributed by atoms with Gasteiger partial charge in [0.15, 0.2) is 0 Å². The summed E-state index contributed by atoms with van der Waals surface area (Å²) in [6, 6.07) is 34.5. The summed E-state index contributed by atoms with van der Waals surface area (Å²) in [7, 11) is 0. The van der Waals surface area contributed by atoms with E-state index in [-0.39, 0.29) is 5.91 Å². The van der Waals surface area contributed by atoms with Gasteiger partial charge in [-0.2, -0.15) is 0 Å². The van der Waals surface area contributed by atoms with Crippen LogP contribution >= 0.6 is 11.6 Å². The smallest absolute Gasteiger partial charge is 0.224 e. The Kier molecular flexibility index (Phi) is 7.44. The second-order valence-corrected chi connectivity index (χ2v) is 9.29. The van der Waals surface area contributed by atoms with Crippen LogP contribution in [0.3, 0.4) is 0 Å². The number of amides is 1. The Bertz CT molecular complexity index is 1460. The number of rotatable bonds is 9. The van der Waals surface area contributed by atoms with E-state index in [1.807, 2.05) is 72.8 Å². The zero-order valence-corrected chi connectivity index (χ0v) is 20.8. The monoisotopic (exact) mass is 493 g/mol. The molecule has 180 valence electrons. The number of imidazole rings is 1. The number of halogens is 1. The molecule has 4 aromatic carbocycles. The van der Waals surface area contributed by atoms with E-state index >= 15 is 0 Å². The molecular weight excluding hydrogens is 466 g/mol. The van der Waals surface area contributed by atoms with Crippen molar-refractivity contribution in [3.05, 3.63) is 125 Å². The number of aromatic nitrogens is 2. The van der Waals surface area contributed by atoms with Crippen LogP contribution in [-0.4, -0.2) is 22.0 Å². The lowest BCUT2D eigenvalue weighted by molar-refractivity contribution is -0.120. The molecular formula is C31H28ClN3O. The highest BCUT2D eigenvalue weighted by Gasteiger charge is 2.12. The van der Waals surface area contributed by atoms with Crippen molar-refractivity contribution in [2.45, 2.75) is 25.8 Å². The van der Waals surface area contributed by atoms with Crippen LogP contribution in [0, 0.1) is 0 Å². The molecule has 0 radical (unpaired) electrons. The van der Waals surface area contributed by atoms with Gasteiger partial charge in [0, 0.05) is 18.0 Å². The third kappa shape index (κ3) is 5.67. The second kappa shape index (κ2) is 11.2. The predicted octanol–water partition coefficient (Wildman–Crippen LogP) is 6.70. The van der Waals surface area contributed by atoms with Crippen LogP contribution in [0.25, 0.3) is 22.2 Å². The lowest BCUT2D eigenvalue weighted by Crippen LogP contribution is -2.26. The minimum atomic E-state index is 0.0343. The highest BCUT2D eigenvalue weighted by molar-refractivity contribution is 6.31. The van der Waals surface area contributed by atoms with Gasteiger partial charge in [0.1, 0.15) is 5.82 Å². The van der Waals surface area contributed by atoms with E-state index in [0.29, 0.717) is 19.5 Å². The van der Waals surface area contributed by atoms with Gasteiger partial charge < -0.3 is 9.88 Å². The molecule has 0 atom stereocenters. The molecule has 1 aromatic heterocycles. The molecule has 0 saturated carbocycles. The van der Waals surface area contributed by atoms with E-state index in [0.717, 1.165) is 51.4 Å². The highest BCUT2D eigenvalue weighted by atomic mass is 35.5. The summed E-state index contributed by atoms with van der Waals surface area (Å²) in [5, 5.41) is 3.82. The average Bonchev–Trinajstić information content (AvgIpc) is 3.26. The number of aryl methyl sites for hydroxylation is 1. The average molecular weight is 494 g/mol. The summed E-state index contributed by atoms with van der Waals surface area (Å²) >= 11 is 6.43. The molecule has 0 aliphatic carbocycles.